The topological polar surface area (TPSA) is 37.3 Å². The smallest absolute Gasteiger partial charge is 0.385 e. The molecule has 6 heteroatoms. The van der Waals surface area contributed by atoms with Crippen LogP contribution in [0, 0.1) is 0 Å². The van der Waals surface area contributed by atoms with Crippen LogP contribution in [0.3, 0.4) is 0 Å². The molecule has 0 aliphatic heterocycles. The van der Waals surface area contributed by atoms with E-state index in [1.807, 2.05) is 0 Å². The van der Waals surface area contributed by atoms with Crippen molar-refractivity contribution in [3.63, 3.8) is 0 Å². The van der Waals surface area contributed by atoms with Gasteiger partial charge in [0, 0.05) is 5.56 Å². The normalized spacial score (nSPS) is 14.4. The molecule has 0 heterocycles. The molecule has 1 N–H and O–H groups in total. The molecule has 0 fully saturated rings. The number of benzene rings is 2. The predicted octanol–water partition coefficient (Wildman–Crippen LogP) is 3.96. The van der Waals surface area contributed by atoms with E-state index in [0.29, 0.717) is 12.1 Å². The van der Waals surface area contributed by atoms with E-state index in [2.05, 4.69) is 0 Å². The number of carbonyl (C=O) groups is 1. The molecule has 2 aromatic rings. The number of ketones is 1. The summed E-state index contributed by atoms with van der Waals surface area (Å²) in [6, 6.07) is 10.9. The molecule has 0 radical (unpaired) electrons. The van der Waals surface area contributed by atoms with Crippen molar-refractivity contribution in [2.45, 2.75) is 18.5 Å². The molecule has 116 valence electrons. The van der Waals surface area contributed by atoms with E-state index in [1.54, 1.807) is 18.2 Å². The Balaban J connectivity index is 2.17. The first-order valence-corrected chi connectivity index (χ1v) is 6.39. The van der Waals surface area contributed by atoms with Crippen molar-refractivity contribution < 1.29 is 27.5 Å². The van der Waals surface area contributed by atoms with Gasteiger partial charge in [0.25, 0.3) is 0 Å². The molecule has 0 aliphatic rings. The number of rotatable bonds is 4. The van der Waals surface area contributed by atoms with Crippen molar-refractivity contribution >= 4 is 5.78 Å². The maximum absolute atomic E-state index is 14.1. The molecule has 2 unspecified atom stereocenters. The summed E-state index contributed by atoms with van der Waals surface area (Å²) < 4.78 is 51.4. The van der Waals surface area contributed by atoms with Crippen LogP contribution in [0.5, 0.6) is 0 Å². The highest BCUT2D eigenvalue weighted by molar-refractivity contribution is 5.99. The second-order valence-corrected chi connectivity index (χ2v) is 4.70. The molecule has 0 saturated heterocycles. The fraction of sp³-hybridized carbons (Fsp3) is 0.188. The number of aliphatic hydroxyl groups excluding tert-OH is 1. The Morgan fingerprint density at radius 2 is 1.50 bits per heavy atom. The third kappa shape index (κ3) is 3.51. The lowest BCUT2D eigenvalue weighted by molar-refractivity contribution is -0.137. The Hall–Kier alpha value is -2.21. The Bertz CT molecular complexity index is 635. The molecule has 0 aliphatic carbocycles. The molecule has 2 rings (SSSR count). The van der Waals surface area contributed by atoms with Crippen LogP contribution in [0.25, 0.3) is 0 Å². The number of halogens is 4. The summed E-state index contributed by atoms with van der Waals surface area (Å²) in [6.07, 6.45) is -8.45. The van der Waals surface area contributed by atoms with E-state index in [0.717, 1.165) is 12.1 Å². The Kier molecular flexibility index (Phi) is 4.61. The zero-order chi connectivity index (χ0) is 16.3. The highest BCUT2D eigenvalue weighted by Gasteiger charge is 2.32. The lowest BCUT2D eigenvalue weighted by atomic mass is 9.98. The zero-order valence-electron chi connectivity index (χ0n) is 11.2. The number of carbonyl (C=O) groups excluding carboxylic acids is 1. The monoisotopic (exact) mass is 312 g/mol. The van der Waals surface area contributed by atoms with Gasteiger partial charge in [0.15, 0.2) is 12.0 Å². The zero-order valence-corrected chi connectivity index (χ0v) is 11.2. The summed E-state index contributed by atoms with van der Waals surface area (Å²) in [5.41, 5.74) is -0.936. The van der Waals surface area contributed by atoms with Crippen molar-refractivity contribution in [1.82, 2.24) is 0 Å². The molecule has 2 atom stereocenters. The van der Waals surface area contributed by atoms with E-state index in [-0.39, 0.29) is 11.1 Å². The van der Waals surface area contributed by atoms with Crippen LogP contribution >= 0.6 is 0 Å². The van der Waals surface area contributed by atoms with Gasteiger partial charge in [-0.15, -0.1) is 0 Å². The third-order valence-electron chi connectivity index (χ3n) is 3.17. The Morgan fingerprint density at radius 3 is 2.00 bits per heavy atom. The van der Waals surface area contributed by atoms with Gasteiger partial charge in [-0.25, -0.2) is 4.39 Å². The summed E-state index contributed by atoms with van der Waals surface area (Å²) in [4.78, 5) is 11.9. The van der Waals surface area contributed by atoms with Gasteiger partial charge < -0.3 is 5.11 Å². The molecule has 22 heavy (non-hydrogen) atoms. The minimum absolute atomic E-state index is 0.218. The maximum Gasteiger partial charge on any atom is 0.416 e. The highest BCUT2D eigenvalue weighted by atomic mass is 19.4. The standard InChI is InChI=1S/C16H12F4O2/c17-13(14(21)10-4-2-1-3-5-10)15(22)11-6-8-12(9-7-11)16(18,19)20/h1-9,13-14,21H. The fourth-order valence-corrected chi connectivity index (χ4v) is 1.95. The number of hydrogen-bond donors (Lipinski definition) is 1. The van der Waals surface area contributed by atoms with Crippen LogP contribution < -0.4 is 0 Å². The Morgan fingerprint density at radius 1 is 0.955 bits per heavy atom. The minimum Gasteiger partial charge on any atom is -0.385 e. The van der Waals surface area contributed by atoms with E-state index >= 15 is 0 Å². The molecule has 0 bridgehead atoms. The average molecular weight is 312 g/mol. The van der Waals surface area contributed by atoms with E-state index in [1.165, 1.54) is 12.1 Å². The summed E-state index contributed by atoms with van der Waals surface area (Å²) >= 11 is 0. The van der Waals surface area contributed by atoms with Gasteiger partial charge in [-0.1, -0.05) is 42.5 Å². The van der Waals surface area contributed by atoms with Crippen molar-refractivity contribution in [1.29, 1.82) is 0 Å². The lowest BCUT2D eigenvalue weighted by Crippen LogP contribution is -2.24. The Labute approximate surface area is 124 Å². The SMILES string of the molecule is O=C(c1ccc(C(F)(F)F)cc1)C(F)C(O)c1ccccc1. The van der Waals surface area contributed by atoms with Crippen molar-refractivity contribution in [2.24, 2.45) is 0 Å². The van der Waals surface area contributed by atoms with Gasteiger partial charge in [0.1, 0.15) is 6.10 Å². The molecule has 0 aromatic heterocycles. The van der Waals surface area contributed by atoms with Gasteiger partial charge >= 0.3 is 6.18 Å². The second kappa shape index (κ2) is 6.27. The summed E-state index contributed by atoms with van der Waals surface area (Å²) in [5.74, 6) is -1.06. The first-order chi connectivity index (χ1) is 10.3. The molecular formula is C16H12F4O2. The van der Waals surface area contributed by atoms with Gasteiger partial charge in [-0.05, 0) is 17.7 Å². The van der Waals surface area contributed by atoms with Crippen molar-refractivity contribution in [3.05, 3.63) is 71.3 Å². The van der Waals surface area contributed by atoms with Gasteiger partial charge in [-0.2, -0.15) is 13.2 Å². The van der Waals surface area contributed by atoms with Crippen LogP contribution in [0.2, 0.25) is 0 Å². The number of aliphatic hydroxyl groups is 1. The fourth-order valence-electron chi connectivity index (χ4n) is 1.95. The van der Waals surface area contributed by atoms with E-state index in [9.17, 15) is 27.5 Å². The van der Waals surface area contributed by atoms with Crippen LogP contribution in [0.4, 0.5) is 17.6 Å². The number of alkyl halides is 4. The maximum atomic E-state index is 14.1. The molecule has 2 nitrogen and oxygen atoms in total. The van der Waals surface area contributed by atoms with Crippen LogP contribution in [0.1, 0.15) is 27.6 Å². The molecule has 0 saturated carbocycles. The first-order valence-electron chi connectivity index (χ1n) is 6.39. The van der Waals surface area contributed by atoms with Gasteiger partial charge in [-0.3, -0.25) is 4.79 Å². The van der Waals surface area contributed by atoms with Gasteiger partial charge in [0.2, 0.25) is 0 Å². The minimum atomic E-state index is -4.53. The van der Waals surface area contributed by atoms with Gasteiger partial charge in [0.05, 0.1) is 5.56 Å². The summed E-state index contributed by atoms with van der Waals surface area (Å²) in [7, 11) is 0. The number of hydrogen-bond acceptors (Lipinski definition) is 2. The largest absolute Gasteiger partial charge is 0.416 e. The third-order valence-corrected chi connectivity index (χ3v) is 3.17. The first kappa shape index (κ1) is 16.2. The average Bonchev–Trinajstić information content (AvgIpc) is 2.53. The summed E-state index contributed by atoms with van der Waals surface area (Å²) in [5, 5.41) is 9.83. The molecule has 2 aromatic carbocycles. The van der Waals surface area contributed by atoms with Crippen molar-refractivity contribution in [2.75, 3.05) is 0 Å². The quantitative estimate of drug-likeness (QED) is 0.685. The molecule has 0 spiro atoms. The van der Waals surface area contributed by atoms with E-state index in [4.69, 9.17) is 0 Å². The second-order valence-electron chi connectivity index (χ2n) is 4.70. The highest BCUT2D eigenvalue weighted by Crippen LogP contribution is 2.30. The number of Topliss-reactive ketones (excluding diaryl/α,β-unsaturated/α-hetero) is 1. The predicted molar refractivity (Wildman–Crippen MR) is 72.1 cm³/mol. The van der Waals surface area contributed by atoms with Crippen LogP contribution in [-0.2, 0) is 6.18 Å². The van der Waals surface area contributed by atoms with Crippen LogP contribution in [0.15, 0.2) is 54.6 Å². The molecule has 0 amide bonds. The van der Waals surface area contributed by atoms with E-state index < -0.39 is 29.8 Å². The lowest BCUT2D eigenvalue weighted by Gasteiger charge is -2.15. The summed E-state index contributed by atoms with van der Waals surface area (Å²) in [6.45, 7) is 0. The van der Waals surface area contributed by atoms with Crippen LogP contribution in [-0.4, -0.2) is 17.1 Å². The van der Waals surface area contributed by atoms with Crippen molar-refractivity contribution in [3.8, 4) is 0 Å². The molecular weight excluding hydrogens is 300 g/mol.